The van der Waals surface area contributed by atoms with E-state index < -0.39 is 0 Å². The van der Waals surface area contributed by atoms with Crippen molar-refractivity contribution < 1.29 is 4.79 Å². The lowest BCUT2D eigenvalue weighted by Crippen LogP contribution is -2.10. The van der Waals surface area contributed by atoms with Gasteiger partial charge in [-0.25, -0.2) is 0 Å². The van der Waals surface area contributed by atoms with Crippen LogP contribution in [0.4, 0.5) is 5.69 Å². The van der Waals surface area contributed by atoms with Crippen LogP contribution in [0.5, 0.6) is 0 Å². The van der Waals surface area contributed by atoms with Crippen molar-refractivity contribution >= 4 is 11.6 Å². The zero-order valence-electron chi connectivity index (χ0n) is 8.16. The van der Waals surface area contributed by atoms with Gasteiger partial charge < -0.3 is 5.32 Å². The third-order valence-corrected chi connectivity index (χ3v) is 3.22. The summed E-state index contributed by atoms with van der Waals surface area (Å²) in [7, 11) is 0. The molecule has 1 amide bonds. The molecule has 1 aromatic carbocycles. The lowest BCUT2D eigenvalue weighted by Gasteiger charge is -2.07. The Hall–Kier alpha value is -1.82. The molecule has 15 heavy (non-hydrogen) atoms. The van der Waals surface area contributed by atoms with Gasteiger partial charge in [0.15, 0.2) is 0 Å². The number of benzene rings is 1. The van der Waals surface area contributed by atoms with E-state index in [4.69, 9.17) is 5.26 Å². The predicted octanol–water partition coefficient (Wildman–Crippen LogP) is 2.00. The highest BCUT2D eigenvalue weighted by molar-refractivity contribution is 5.93. The highest BCUT2D eigenvalue weighted by Gasteiger charge is 2.43. The van der Waals surface area contributed by atoms with Gasteiger partial charge in [0.25, 0.3) is 0 Å². The summed E-state index contributed by atoms with van der Waals surface area (Å²) >= 11 is 0. The van der Waals surface area contributed by atoms with Crippen LogP contribution in [0.2, 0.25) is 0 Å². The number of nitrogens with zero attached hydrogens (tertiary/aromatic N) is 1. The van der Waals surface area contributed by atoms with Crippen LogP contribution in [0.1, 0.15) is 29.9 Å². The summed E-state index contributed by atoms with van der Waals surface area (Å²) in [4.78, 5) is 11.5. The Kier molecular flexibility index (Phi) is 1.60. The first-order chi connectivity index (χ1) is 7.28. The summed E-state index contributed by atoms with van der Waals surface area (Å²) in [5, 5.41) is 11.7. The van der Waals surface area contributed by atoms with Gasteiger partial charge in [-0.05, 0) is 42.0 Å². The van der Waals surface area contributed by atoms with Gasteiger partial charge in [-0.1, -0.05) is 0 Å². The molecular formula is C12H10N2O. The number of carbonyl (C=O) groups excluding carboxylic acids is 1. The molecule has 0 aromatic heterocycles. The molecule has 2 aliphatic rings. The molecule has 0 bridgehead atoms. The van der Waals surface area contributed by atoms with Crippen molar-refractivity contribution in [1.82, 2.24) is 0 Å². The molecule has 3 rings (SSSR count). The maximum Gasteiger partial charge on any atom is 0.224 e. The number of hydrogen-bond acceptors (Lipinski definition) is 2. The van der Waals surface area contributed by atoms with E-state index >= 15 is 0 Å². The molecule has 1 aliphatic heterocycles. The number of carbonyl (C=O) groups is 1. The van der Waals surface area contributed by atoms with Crippen LogP contribution in [0.15, 0.2) is 18.2 Å². The van der Waals surface area contributed by atoms with Gasteiger partial charge in [-0.2, -0.15) is 5.26 Å². The van der Waals surface area contributed by atoms with Crippen molar-refractivity contribution in [2.75, 3.05) is 5.32 Å². The van der Waals surface area contributed by atoms with E-state index in [0.29, 0.717) is 23.8 Å². The monoisotopic (exact) mass is 198 g/mol. The second-order valence-corrected chi connectivity index (χ2v) is 4.27. The third-order valence-electron chi connectivity index (χ3n) is 3.22. The zero-order valence-corrected chi connectivity index (χ0v) is 8.16. The van der Waals surface area contributed by atoms with E-state index in [2.05, 4.69) is 11.4 Å². The zero-order chi connectivity index (χ0) is 10.4. The van der Waals surface area contributed by atoms with Gasteiger partial charge in [0, 0.05) is 12.1 Å². The van der Waals surface area contributed by atoms with Crippen LogP contribution in [0.3, 0.4) is 0 Å². The van der Waals surface area contributed by atoms with Crippen LogP contribution >= 0.6 is 0 Å². The van der Waals surface area contributed by atoms with E-state index in [1.54, 1.807) is 6.07 Å². The molecule has 2 unspecified atom stereocenters. The minimum atomic E-state index is 0.103. The molecule has 1 aliphatic carbocycles. The minimum absolute atomic E-state index is 0.103. The van der Waals surface area contributed by atoms with Crippen LogP contribution in [-0.2, 0) is 4.79 Å². The third kappa shape index (κ3) is 1.30. The van der Waals surface area contributed by atoms with Gasteiger partial charge in [0.05, 0.1) is 11.6 Å². The number of nitrogens with one attached hydrogen (secondary N) is 1. The Morgan fingerprint density at radius 3 is 3.13 bits per heavy atom. The van der Waals surface area contributed by atoms with E-state index in [1.807, 2.05) is 12.1 Å². The second kappa shape index (κ2) is 2.83. The number of nitriles is 1. The molecule has 0 saturated heterocycles. The van der Waals surface area contributed by atoms with Gasteiger partial charge in [0.1, 0.15) is 0 Å². The average molecular weight is 198 g/mol. The van der Waals surface area contributed by atoms with Gasteiger partial charge in [-0.15, -0.1) is 0 Å². The maximum absolute atomic E-state index is 11.5. The first-order valence-electron chi connectivity index (χ1n) is 5.12. The van der Waals surface area contributed by atoms with Gasteiger partial charge in [0.2, 0.25) is 5.91 Å². The molecule has 0 radical (unpaired) electrons. The summed E-state index contributed by atoms with van der Waals surface area (Å²) in [6.07, 6.45) is 1.72. The van der Waals surface area contributed by atoms with Crippen molar-refractivity contribution in [3.63, 3.8) is 0 Å². The molecule has 1 heterocycles. The molecule has 2 atom stereocenters. The number of hydrogen-bond donors (Lipinski definition) is 1. The van der Waals surface area contributed by atoms with Crippen molar-refractivity contribution in [1.29, 1.82) is 5.26 Å². The topological polar surface area (TPSA) is 52.9 Å². The molecular weight excluding hydrogens is 188 g/mol. The first-order valence-corrected chi connectivity index (χ1v) is 5.12. The van der Waals surface area contributed by atoms with E-state index in [-0.39, 0.29) is 5.91 Å². The summed E-state index contributed by atoms with van der Waals surface area (Å²) in [5.74, 6) is 1.10. The van der Waals surface area contributed by atoms with E-state index in [9.17, 15) is 4.79 Å². The standard InChI is InChI=1S/C12H10N2O/c13-6-7-1-2-11-10(3-7)9-4-8(9)5-12(15)14-11/h1-3,8-9H,4-5H2,(H,14,15). The average Bonchev–Trinajstić information content (AvgIpc) is 2.97. The Morgan fingerprint density at radius 2 is 2.33 bits per heavy atom. The lowest BCUT2D eigenvalue weighted by molar-refractivity contribution is -0.116. The quantitative estimate of drug-likeness (QED) is 0.693. The fourth-order valence-electron chi connectivity index (χ4n) is 2.35. The van der Waals surface area contributed by atoms with Crippen molar-refractivity contribution in [2.45, 2.75) is 18.8 Å². The molecule has 1 N–H and O–H groups in total. The van der Waals surface area contributed by atoms with Gasteiger partial charge in [-0.3, -0.25) is 4.79 Å². The summed E-state index contributed by atoms with van der Waals surface area (Å²) in [6.45, 7) is 0. The summed E-state index contributed by atoms with van der Waals surface area (Å²) in [6, 6.07) is 7.63. The van der Waals surface area contributed by atoms with Crippen LogP contribution in [0.25, 0.3) is 0 Å². The Morgan fingerprint density at radius 1 is 1.47 bits per heavy atom. The normalized spacial score (nSPS) is 26.7. The molecule has 3 heteroatoms. The Labute approximate surface area is 87.7 Å². The molecule has 0 spiro atoms. The molecule has 1 saturated carbocycles. The SMILES string of the molecule is N#Cc1ccc2c(c1)C1CC1CC(=O)N2. The Bertz CT molecular complexity index is 487. The first kappa shape index (κ1) is 8.49. The fraction of sp³-hybridized carbons (Fsp3) is 0.333. The smallest absolute Gasteiger partial charge is 0.224 e. The second-order valence-electron chi connectivity index (χ2n) is 4.27. The predicted molar refractivity (Wildman–Crippen MR) is 55.3 cm³/mol. The summed E-state index contributed by atoms with van der Waals surface area (Å²) < 4.78 is 0. The van der Waals surface area contributed by atoms with E-state index in [1.165, 1.54) is 0 Å². The fourth-order valence-corrected chi connectivity index (χ4v) is 2.35. The molecule has 3 nitrogen and oxygen atoms in total. The van der Waals surface area contributed by atoms with Crippen LogP contribution in [0, 0.1) is 17.2 Å². The largest absolute Gasteiger partial charge is 0.326 e. The van der Waals surface area contributed by atoms with Crippen molar-refractivity contribution in [3.05, 3.63) is 29.3 Å². The molecule has 74 valence electrons. The highest BCUT2D eigenvalue weighted by Crippen LogP contribution is 2.53. The van der Waals surface area contributed by atoms with Crippen LogP contribution in [-0.4, -0.2) is 5.91 Å². The number of amides is 1. The summed E-state index contributed by atoms with van der Waals surface area (Å²) in [5.41, 5.74) is 2.71. The number of rotatable bonds is 0. The number of anilines is 1. The van der Waals surface area contributed by atoms with Crippen molar-refractivity contribution in [3.8, 4) is 6.07 Å². The van der Waals surface area contributed by atoms with E-state index in [0.717, 1.165) is 17.7 Å². The molecule has 1 aromatic rings. The lowest BCUT2D eigenvalue weighted by atomic mass is 10.0. The molecule has 1 fully saturated rings. The van der Waals surface area contributed by atoms with Gasteiger partial charge >= 0.3 is 0 Å². The maximum atomic E-state index is 11.5. The number of fused-ring (bicyclic) bond motifs is 3. The van der Waals surface area contributed by atoms with Crippen LogP contribution < -0.4 is 5.32 Å². The Balaban J connectivity index is 2.10. The van der Waals surface area contributed by atoms with Crippen molar-refractivity contribution in [2.24, 2.45) is 5.92 Å². The minimum Gasteiger partial charge on any atom is -0.326 e. The highest BCUT2D eigenvalue weighted by atomic mass is 16.1.